The van der Waals surface area contributed by atoms with Gasteiger partial charge in [-0.1, -0.05) is 17.7 Å². The molecule has 7 heteroatoms. The Morgan fingerprint density at radius 1 is 1.16 bits per heavy atom. The maximum absolute atomic E-state index is 11.8. The lowest BCUT2D eigenvalue weighted by atomic mass is 10.1. The molecular weight excluding hydrogens is 340 g/mol. The number of halogens is 1. The molecule has 1 N–H and O–H groups in total. The van der Waals surface area contributed by atoms with E-state index in [0.717, 1.165) is 5.69 Å². The van der Waals surface area contributed by atoms with Gasteiger partial charge in [0.05, 0.1) is 30.3 Å². The third-order valence-corrected chi connectivity index (χ3v) is 3.51. The van der Waals surface area contributed by atoms with Crippen LogP contribution in [0.4, 0.5) is 11.5 Å². The van der Waals surface area contributed by atoms with Crippen LogP contribution in [-0.4, -0.2) is 27.5 Å². The minimum atomic E-state index is -0.419. The van der Waals surface area contributed by atoms with Crippen molar-refractivity contribution in [1.29, 1.82) is 0 Å². The zero-order valence-electron chi connectivity index (χ0n) is 13.4. The van der Waals surface area contributed by atoms with Crippen molar-refractivity contribution < 1.29 is 9.53 Å². The van der Waals surface area contributed by atoms with Crippen LogP contribution in [0.15, 0.2) is 55.1 Å². The van der Waals surface area contributed by atoms with Gasteiger partial charge in [-0.3, -0.25) is 9.97 Å². The first-order chi connectivity index (χ1) is 12.2. The Bertz CT molecular complexity index is 902. The van der Waals surface area contributed by atoms with E-state index in [1.165, 1.54) is 6.20 Å². The lowest BCUT2D eigenvalue weighted by Gasteiger charge is -2.08. The number of benzene rings is 1. The maximum atomic E-state index is 11.8. The Balaban J connectivity index is 1.86. The number of anilines is 2. The van der Waals surface area contributed by atoms with Gasteiger partial charge >= 0.3 is 5.97 Å². The lowest BCUT2D eigenvalue weighted by molar-refractivity contribution is 0.0526. The van der Waals surface area contributed by atoms with Gasteiger partial charge in [0.15, 0.2) is 0 Å². The van der Waals surface area contributed by atoms with Crippen LogP contribution in [0.1, 0.15) is 17.3 Å². The number of carbonyl (C=O) groups excluding carboxylic acids is 1. The highest BCUT2D eigenvalue weighted by Crippen LogP contribution is 2.22. The number of pyridine rings is 1. The van der Waals surface area contributed by atoms with Crippen LogP contribution in [0.2, 0.25) is 5.02 Å². The predicted molar refractivity (Wildman–Crippen MR) is 96.0 cm³/mol. The minimum Gasteiger partial charge on any atom is -0.462 e. The first-order valence-electron chi connectivity index (χ1n) is 7.63. The summed E-state index contributed by atoms with van der Waals surface area (Å²) in [6.07, 6.45) is 6.29. The summed E-state index contributed by atoms with van der Waals surface area (Å²) in [5.41, 5.74) is 2.44. The number of nitrogens with one attached hydrogen (secondary N) is 1. The third kappa shape index (κ3) is 4.30. The molecule has 3 aromatic rings. The van der Waals surface area contributed by atoms with E-state index in [9.17, 15) is 4.79 Å². The van der Waals surface area contributed by atoms with Gasteiger partial charge in [0.2, 0.25) is 0 Å². The van der Waals surface area contributed by atoms with Crippen LogP contribution in [0.5, 0.6) is 0 Å². The van der Waals surface area contributed by atoms with Crippen LogP contribution >= 0.6 is 11.6 Å². The van der Waals surface area contributed by atoms with Crippen molar-refractivity contribution in [2.45, 2.75) is 6.92 Å². The first kappa shape index (κ1) is 16.9. The Morgan fingerprint density at radius 2 is 2.00 bits per heavy atom. The topological polar surface area (TPSA) is 77.0 Å². The largest absolute Gasteiger partial charge is 0.462 e. The number of carbonyl (C=O) groups is 1. The van der Waals surface area contributed by atoms with Crippen molar-refractivity contribution in [2.75, 3.05) is 11.9 Å². The van der Waals surface area contributed by atoms with Gasteiger partial charge in [0.25, 0.3) is 0 Å². The van der Waals surface area contributed by atoms with Crippen LogP contribution in [-0.2, 0) is 4.74 Å². The zero-order valence-corrected chi connectivity index (χ0v) is 14.2. The summed E-state index contributed by atoms with van der Waals surface area (Å²) in [7, 11) is 0. The van der Waals surface area contributed by atoms with Gasteiger partial charge in [-0.15, -0.1) is 0 Å². The molecule has 0 atom stereocenters. The van der Waals surface area contributed by atoms with Crippen LogP contribution in [0, 0.1) is 0 Å². The van der Waals surface area contributed by atoms with Crippen LogP contribution in [0.25, 0.3) is 11.3 Å². The van der Waals surface area contributed by atoms with E-state index in [2.05, 4.69) is 20.3 Å². The standard InChI is InChI=1S/C18H15ClN4O2/c1-2-25-18(24)13-6-12(8-20-9-13)16-10-21-11-17(23-16)22-15-5-3-4-14(19)7-15/h3-11H,2H2,1H3,(H,22,23). The normalized spacial score (nSPS) is 10.3. The van der Waals surface area contributed by atoms with E-state index in [0.29, 0.717) is 34.3 Å². The molecule has 0 radical (unpaired) electrons. The van der Waals surface area contributed by atoms with Crippen molar-refractivity contribution in [3.63, 3.8) is 0 Å². The molecule has 0 unspecified atom stereocenters. The Morgan fingerprint density at radius 3 is 2.80 bits per heavy atom. The molecule has 0 aliphatic rings. The summed E-state index contributed by atoms with van der Waals surface area (Å²) >= 11 is 5.98. The fourth-order valence-electron chi connectivity index (χ4n) is 2.19. The van der Waals surface area contributed by atoms with Gasteiger partial charge in [0, 0.05) is 28.7 Å². The summed E-state index contributed by atoms with van der Waals surface area (Å²) in [5.74, 6) is 0.138. The van der Waals surface area contributed by atoms with E-state index >= 15 is 0 Å². The van der Waals surface area contributed by atoms with Gasteiger partial charge in [-0.05, 0) is 31.2 Å². The van der Waals surface area contributed by atoms with Gasteiger partial charge in [-0.25, -0.2) is 9.78 Å². The molecule has 0 fully saturated rings. The van der Waals surface area contributed by atoms with Crippen molar-refractivity contribution in [2.24, 2.45) is 0 Å². The summed E-state index contributed by atoms with van der Waals surface area (Å²) in [4.78, 5) is 24.6. The molecule has 0 bridgehead atoms. The lowest BCUT2D eigenvalue weighted by Crippen LogP contribution is -2.05. The second-order valence-electron chi connectivity index (χ2n) is 5.11. The molecule has 0 saturated carbocycles. The van der Waals surface area contributed by atoms with Gasteiger partial charge in [0.1, 0.15) is 5.82 Å². The molecule has 2 heterocycles. The van der Waals surface area contributed by atoms with Crippen molar-refractivity contribution in [1.82, 2.24) is 15.0 Å². The fraction of sp³-hybridized carbons (Fsp3) is 0.111. The summed E-state index contributed by atoms with van der Waals surface area (Å²) in [6, 6.07) is 8.98. The third-order valence-electron chi connectivity index (χ3n) is 3.28. The fourth-order valence-corrected chi connectivity index (χ4v) is 2.38. The van der Waals surface area contributed by atoms with E-state index in [4.69, 9.17) is 16.3 Å². The minimum absolute atomic E-state index is 0.307. The number of nitrogens with zero attached hydrogens (tertiary/aromatic N) is 3. The average Bonchev–Trinajstić information content (AvgIpc) is 2.62. The Hall–Kier alpha value is -2.99. The summed E-state index contributed by atoms with van der Waals surface area (Å²) < 4.78 is 4.99. The SMILES string of the molecule is CCOC(=O)c1cncc(-c2cncc(Nc3cccc(Cl)c3)n2)c1. The van der Waals surface area contributed by atoms with Crippen molar-refractivity contribution in [3.8, 4) is 11.3 Å². The Labute approximate surface area is 149 Å². The zero-order chi connectivity index (χ0) is 17.6. The molecule has 25 heavy (non-hydrogen) atoms. The second kappa shape index (κ2) is 7.72. The molecule has 126 valence electrons. The summed E-state index contributed by atoms with van der Waals surface area (Å²) in [5, 5.41) is 3.77. The first-order valence-corrected chi connectivity index (χ1v) is 8.00. The highest BCUT2D eigenvalue weighted by atomic mass is 35.5. The molecule has 2 aromatic heterocycles. The number of esters is 1. The highest BCUT2D eigenvalue weighted by Gasteiger charge is 2.10. The monoisotopic (exact) mass is 354 g/mol. The van der Waals surface area contributed by atoms with E-state index in [1.807, 2.05) is 12.1 Å². The van der Waals surface area contributed by atoms with E-state index < -0.39 is 5.97 Å². The van der Waals surface area contributed by atoms with E-state index in [-0.39, 0.29) is 0 Å². The predicted octanol–water partition coefficient (Wildman–Crippen LogP) is 4.11. The Kier molecular flexibility index (Phi) is 5.20. The molecule has 0 saturated heterocycles. The van der Waals surface area contributed by atoms with Crippen molar-refractivity contribution >= 4 is 29.1 Å². The van der Waals surface area contributed by atoms with Gasteiger partial charge < -0.3 is 10.1 Å². The van der Waals surface area contributed by atoms with Gasteiger partial charge in [-0.2, -0.15) is 0 Å². The number of rotatable bonds is 5. The second-order valence-corrected chi connectivity index (χ2v) is 5.54. The molecule has 0 aliphatic carbocycles. The van der Waals surface area contributed by atoms with Crippen LogP contribution in [0.3, 0.4) is 0 Å². The number of aromatic nitrogens is 3. The number of ether oxygens (including phenoxy) is 1. The molecule has 3 rings (SSSR count). The molecule has 0 aliphatic heterocycles. The van der Waals surface area contributed by atoms with Crippen molar-refractivity contribution in [3.05, 3.63) is 65.7 Å². The summed E-state index contributed by atoms with van der Waals surface area (Å²) in [6.45, 7) is 2.06. The molecular formula is C18H15ClN4O2. The molecule has 0 amide bonds. The molecule has 6 nitrogen and oxygen atoms in total. The maximum Gasteiger partial charge on any atom is 0.339 e. The number of hydrogen-bond donors (Lipinski definition) is 1. The molecule has 1 aromatic carbocycles. The quantitative estimate of drug-likeness (QED) is 0.695. The smallest absolute Gasteiger partial charge is 0.339 e. The van der Waals surface area contributed by atoms with Crippen LogP contribution < -0.4 is 5.32 Å². The molecule has 0 spiro atoms. The highest BCUT2D eigenvalue weighted by molar-refractivity contribution is 6.30. The number of hydrogen-bond acceptors (Lipinski definition) is 6. The van der Waals surface area contributed by atoms with E-state index in [1.54, 1.807) is 43.7 Å². The average molecular weight is 355 g/mol.